The molecule has 3 aliphatic rings. The first kappa shape index (κ1) is 11.7. The standard InChI is InChI=1S/C20H18/c1-2-8-15(7-1)19-13-17-11-5-6-12-18(17)14-20(19)16-9-3-4-10-16/h1-7,9,11-12H,8,10,13-14H2. The molecule has 0 saturated heterocycles. The van der Waals surface area contributed by atoms with E-state index >= 15 is 0 Å². The molecule has 0 heterocycles. The molecule has 0 aromatic heterocycles. The highest BCUT2D eigenvalue weighted by Crippen LogP contribution is 2.38. The van der Waals surface area contributed by atoms with Gasteiger partial charge in [-0.1, -0.05) is 60.7 Å². The molecule has 0 unspecified atom stereocenters. The van der Waals surface area contributed by atoms with Gasteiger partial charge in [0.1, 0.15) is 0 Å². The van der Waals surface area contributed by atoms with E-state index in [1.54, 1.807) is 11.1 Å². The van der Waals surface area contributed by atoms with Crippen LogP contribution in [0, 0.1) is 0 Å². The van der Waals surface area contributed by atoms with Gasteiger partial charge in [-0.05, 0) is 59.1 Å². The van der Waals surface area contributed by atoms with Crippen molar-refractivity contribution in [2.45, 2.75) is 25.7 Å². The highest BCUT2D eigenvalue weighted by atomic mass is 14.3. The zero-order valence-corrected chi connectivity index (χ0v) is 11.6. The van der Waals surface area contributed by atoms with Crippen LogP contribution in [0.5, 0.6) is 0 Å². The minimum atomic E-state index is 1.09. The second-order valence-corrected chi connectivity index (χ2v) is 5.73. The number of benzene rings is 1. The van der Waals surface area contributed by atoms with Gasteiger partial charge in [0.05, 0.1) is 0 Å². The summed E-state index contributed by atoms with van der Waals surface area (Å²) < 4.78 is 0. The quantitative estimate of drug-likeness (QED) is 0.711. The second-order valence-electron chi connectivity index (χ2n) is 5.73. The topological polar surface area (TPSA) is 0 Å². The molecular weight excluding hydrogens is 240 g/mol. The third-order valence-electron chi connectivity index (χ3n) is 4.53. The highest BCUT2D eigenvalue weighted by molar-refractivity contribution is 5.57. The van der Waals surface area contributed by atoms with Crippen LogP contribution in [0.25, 0.3) is 0 Å². The van der Waals surface area contributed by atoms with Gasteiger partial charge >= 0.3 is 0 Å². The van der Waals surface area contributed by atoms with Crippen molar-refractivity contribution in [3.63, 3.8) is 0 Å². The number of rotatable bonds is 2. The Bertz CT molecular complexity index is 644. The molecule has 0 heteroatoms. The molecule has 0 atom stereocenters. The molecule has 98 valence electrons. The summed E-state index contributed by atoms with van der Waals surface area (Å²) in [6.45, 7) is 0. The van der Waals surface area contributed by atoms with E-state index in [1.807, 2.05) is 0 Å². The summed E-state index contributed by atoms with van der Waals surface area (Å²) in [6.07, 6.45) is 17.9. The normalized spacial score (nSPS) is 20.2. The molecule has 1 aromatic carbocycles. The number of fused-ring (bicyclic) bond motifs is 1. The van der Waals surface area contributed by atoms with Crippen LogP contribution in [0.2, 0.25) is 0 Å². The molecular formula is C20H18. The third-order valence-corrected chi connectivity index (χ3v) is 4.53. The van der Waals surface area contributed by atoms with Crippen LogP contribution in [0.15, 0.2) is 83.0 Å². The lowest BCUT2D eigenvalue weighted by atomic mass is 9.79. The van der Waals surface area contributed by atoms with Crippen LogP contribution in [0.1, 0.15) is 24.0 Å². The van der Waals surface area contributed by atoms with Crippen molar-refractivity contribution in [3.8, 4) is 0 Å². The van der Waals surface area contributed by atoms with Gasteiger partial charge in [-0.3, -0.25) is 0 Å². The van der Waals surface area contributed by atoms with E-state index in [2.05, 4.69) is 60.7 Å². The van der Waals surface area contributed by atoms with Crippen LogP contribution >= 0.6 is 0 Å². The van der Waals surface area contributed by atoms with Gasteiger partial charge in [0, 0.05) is 0 Å². The van der Waals surface area contributed by atoms with Crippen molar-refractivity contribution >= 4 is 0 Å². The Balaban J connectivity index is 1.80. The molecule has 3 aliphatic carbocycles. The summed E-state index contributed by atoms with van der Waals surface area (Å²) >= 11 is 0. The van der Waals surface area contributed by atoms with Crippen molar-refractivity contribution in [3.05, 3.63) is 94.1 Å². The largest absolute Gasteiger partial charge is 0.0801 e. The van der Waals surface area contributed by atoms with Crippen LogP contribution in [-0.4, -0.2) is 0 Å². The van der Waals surface area contributed by atoms with Crippen molar-refractivity contribution in [1.82, 2.24) is 0 Å². The van der Waals surface area contributed by atoms with Crippen LogP contribution in [-0.2, 0) is 12.8 Å². The highest BCUT2D eigenvalue weighted by Gasteiger charge is 2.22. The fraction of sp³-hybridized carbons (Fsp3) is 0.200. The molecule has 20 heavy (non-hydrogen) atoms. The Kier molecular flexibility index (Phi) is 2.81. The molecule has 0 radical (unpaired) electrons. The fourth-order valence-corrected chi connectivity index (χ4v) is 3.45. The minimum Gasteiger partial charge on any atom is -0.0801 e. The van der Waals surface area contributed by atoms with E-state index in [0.29, 0.717) is 0 Å². The minimum absolute atomic E-state index is 1.09. The number of allylic oxidation sites excluding steroid dienone is 10. The maximum absolute atomic E-state index is 2.30. The van der Waals surface area contributed by atoms with E-state index in [0.717, 1.165) is 25.7 Å². The lowest BCUT2D eigenvalue weighted by molar-refractivity contribution is 0.947. The zero-order chi connectivity index (χ0) is 13.4. The predicted molar refractivity (Wildman–Crippen MR) is 84.6 cm³/mol. The second kappa shape index (κ2) is 4.79. The lowest BCUT2D eigenvalue weighted by Gasteiger charge is -2.25. The van der Waals surface area contributed by atoms with Crippen molar-refractivity contribution in [1.29, 1.82) is 0 Å². The Morgan fingerprint density at radius 3 is 1.55 bits per heavy atom. The maximum Gasteiger partial charge on any atom is -0.00171 e. The Labute approximate surface area is 120 Å². The van der Waals surface area contributed by atoms with Gasteiger partial charge in [0.2, 0.25) is 0 Å². The SMILES string of the molecule is C1=CCC(C2=C(C3=CC=CC3)Cc3ccccc3C2)=C1. The average molecular weight is 258 g/mol. The maximum atomic E-state index is 2.30. The average Bonchev–Trinajstić information content (AvgIpc) is 3.19. The van der Waals surface area contributed by atoms with E-state index in [-0.39, 0.29) is 0 Å². The molecule has 1 aromatic rings. The fourth-order valence-electron chi connectivity index (χ4n) is 3.45. The summed E-state index contributed by atoms with van der Waals surface area (Å²) in [5.41, 5.74) is 9.19. The Hall–Kier alpha value is -2.08. The molecule has 0 bridgehead atoms. The molecule has 4 rings (SSSR count). The summed E-state index contributed by atoms with van der Waals surface area (Å²) in [6, 6.07) is 8.91. The molecule has 0 spiro atoms. The van der Waals surface area contributed by atoms with E-state index in [4.69, 9.17) is 0 Å². The van der Waals surface area contributed by atoms with Gasteiger partial charge in [-0.15, -0.1) is 0 Å². The molecule has 0 amide bonds. The van der Waals surface area contributed by atoms with Crippen molar-refractivity contribution in [2.24, 2.45) is 0 Å². The monoisotopic (exact) mass is 258 g/mol. The smallest absolute Gasteiger partial charge is 0.00171 e. The van der Waals surface area contributed by atoms with Crippen molar-refractivity contribution < 1.29 is 0 Å². The van der Waals surface area contributed by atoms with Crippen LogP contribution < -0.4 is 0 Å². The van der Waals surface area contributed by atoms with Crippen molar-refractivity contribution in [2.75, 3.05) is 0 Å². The third kappa shape index (κ3) is 1.92. The molecule has 0 fully saturated rings. The van der Waals surface area contributed by atoms with E-state index < -0.39 is 0 Å². The summed E-state index contributed by atoms with van der Waals surface area (Å²) in [5.74, 6) is 0. The molecule has 0 saturated carbocycles. The Morgan fingerprint density at radius 1 is 0.650 bits per heavy atom. The zero-order valence-electron chi connectivity index (χ0n) is 11.6. The lowest BCUT2D eigenvalue weighted by Crippen LogP contribution is -2.11. The first-order valence-corrected chi connectivity index (χ1v) is 7.43. The van der Waals surface area contributed by atoms with Gasteiger partial charge in [0.15, 0.2) is 0 Å². The van der Waals surface area contributed by atoms with Gasteiger partial charge < -0.3 is 0 Å². The number of hydrogen-bond acceptors (Lipinski definition) is 0. The Morgan fingerprint density at radius 2 is 1.15 bits per heavy atom. The number of hydrogen-bond donors (Lipinski definition) is 0. The van der Waals surface area contributed by atoms with E-state index in [1.165, 1.54) is 22.3 Å². The van der Waals surface area contributed by atoms with Gasteiger partial charge in [-0.25, -0.2) is 0 Å². The summed E-state index contributed by atoms with van der Waals surface area (Å²) in [7, 11) is 0. The predicted octanol–water partition coefficient (Wildman–Crippen LogP) is 4.85. The summed E-state index contributed by atoms with van der Waals surface area (Å²) in [4.78, 5) is 0. The van der Waals surface area contributed by atoms with Gasteiger partial charge in [0.25, 0.3) is 0 Å². The molecule has 0 aliphatic heterocycles. The summed E-state index contributed by atoms with van der Waals surface area (Å²) in [5, 5.41) is 0. The first-order valence-electron chi connectivity index (χ1n) is 7.43. The molecule has 0 N–H and O–H groups in total. The molecule has 0 nitrogen and oxygen atoms in total. The van der Waals surface area contributed by atoms with Crippen LogP contribution in [0.3, 0.4) is 0 Å². The first-order chi connectivity index (χ1) is 9.92. The van der Waals surface area contributed by atoms with Gasteiger partial charge in [-0.2, -0.15) is 0 Å². The van der Waals surface area contributed by atoms with E-state index in [9.17, 15) is 0 Å². The van der Waals surface area contributed by atoms with Crippen LogP contribution in [0.4, 0.5) is 0 Å².